The third-order valence-electron chi connectivity index (χ3n) is 3.76. The Morgan fingerprint density at radius 3 is 2.61 bits per heavy atom. The van der Waals surface area contributed by atoms with Crippen molar-refractivity contribution in [2.45, 2.75) is 52.1 Å². The van der Waals surface area contributed by atoms with E-state index in [1.54, 1.807) is 11.0 Å². The number of amides is 2. The molecule has 2 aliphatic heterocycles. The van der Waals surface area contributed by atoms with Crippen molar-refractivity contribution in [3.05, 3.63) is 18.2 Å². The zero-order valence-electron chi connectivity index (χ0n) is 14.3. The molecule has 23 heavy (non-hydrogen) atoms. The van der Waals surface area contributed by atoms with E-state index in [2.05, 4.69) is 5.32 Å². The molecule has 0 spiro atoms. The second-order valence-corrected chi connectivity index (χ2v) is 7.26. The molecule has 0 bridgehead atoms. The first-order chi connectivity index (χ1) is 10.6. The molecule has 0 aromatic heterocycles. The summed E-state index contributed by atoms with van der Waals surface area (Å²) in [5.41, 5.74) is 0.348. The summed E-state index contributed by atoms with van der Waals surface area (Å²) in [6.45, 7) is 10.8. The van der Waals surface area contributed by atoms with Crippen molar-refractivity contribution in [1.82, 2.24) is 4.90 Å². The zero-order valence-corrected chi connectivity index (χ0v) is 14.3. The Morgan fingerprint density at radius 1 is 1.22 bits per heavy atom. The number of benzene rings is 1. The van der Waals surface area contributed by atoms with Crippen molar-refractivity contribution in [3.8, 4) is 11.5 Å². The summed E-state index contributed by atoms with van der Waals surface area (Å²) in [7, 11) is 0. The summed E-state index contributed by atoms with van der Waals surface area (Å²) in [4.78, 5) is 14.3. The summed E-state index contributed by atoms with van der Waals surface area (Å²) < 4.78 is 17.2. The lowest BCUT2D eigenvalue weighted by Crippen LogP contribution is -2.54. The van der Waals surface area contributed by atoms with Gasteiger partial charge in [0.15, 0.2) is 11.5 Å². The van der Waals surface area contributed by atoms with E-state index in [1.165, 1.54) is 0 Å². The number of urea groups is 1. The van der Waals surface area contributed by atoms with E-state index in [-0.39, 0.29) is 17.7 Å². The van der Waals surface area contributed by atoms with E-state index in [0.29, 0.717) is 30.3 Å². The Kier molecular flexibility index (Phi) is 3.67. The van der Waals surface area contributed by atoms with Gasteiger partial charge in [0.05, 0.1) is 18.2 Å². The van der Waals surface area contributed by atoms with Gasteiger partial charge in [-0.25, -0.2) is 4.79 Å². The highest BCUT2D eigenvalue weighted by atomic mass is 16.7. The first kappa shape index (κ1) is 15.9. The van der Waals surface area contributed by atoms with Gasteiger partial charge in [-0.05, 0) is 32.9 Å². The molecule has 1 fully saturated rings. The third kappa shape index (κ3) is 3.52. The van der Waals surface area contributed by atoms with E-state index in [0.717, 1.165) is 0 Å². The molecule has 1 N–H and O–H groups in total. The highest BCUT2D eigenvalue weighted by molar-refractivity contribution is 5.90. The molecule has 3 rings (SSSR count). The fourth-order valence-corrected chi connectivity index (χ4v) is 3.11. The number of nitrogens with zero attached hydrogens (tertiary/aromatic N) is 1. The summed E-state index contributed by atoms with van der Waals surface area (Å²) in [5, 5.41) is 2.92. The molecule has 6 nitrogen and oxygen atoms in total. The second-order valence-electron chi connectivity index (χ2n) is 7.26. The molecule has 1 aromatic rings. The maximum absolute atomic E-state index is 12.5. The van der Waals surface area contributed by atoms with Crippen LogP contribution >= 0.6 is 0 Å². The topological polar surface area (TPSA) is 60.0 Å². The van der Waals surface area contributed by atoms with Crippen LogP contribution in [0.4, 0.5) is 10.5 Å². The highest BCUT2D eigenvalue weighted by Crippen LogP contribution is 2.40. The van der Waals surface area contributed by atoms with Gasteiger partial charge in [0.2, 0.25) is 5.79 Å². The second kappa shape index (κ2) is 5.30. The number of hydrogen-bond donors (Lipinski definition) is 1. The van der Waals surface area contributed by atoms with Gasteiger partial charge in [-0.1, -0.05) is 0 Å². The van der Waals surface area contributed by atoms with Crippen LogP contribution in [0.3, 0.4) is 0 Å². The number of morpholine rings is 1. The monoisotopic (exact) mass is 320 g/mol. The van der Waals surface area contributed by atoms with Crippen molar-refractivity contribution in [3.63, 3.8) is 0 Å². The van der Waals surface area contributed by atoms with Gasteiger partial charge in [0.1, 0.15) is 0 Å². The maximum atomic E-state index is 12.5. The number of fused-ring (bicyclic) bond motifs is 1. The van der Waals surface area contributed by atoms with Crippen molar-refractivity contribution in [2.75, 3.05) is 18.4 Å². The first-order valence-electron chi connectivity index (χ1n) is 7.89. The molecule has 0 aliphatic carbocycles. The molecule has 2 aliphatic rings. The summed E-state index contributed by atoms with van der Waals surface area (Å²) >= 11 is 0. The SMILES string of the molecule is CC1CN(C(=O)Nc2ccc3c(c2)OC(C)(C)O3)CC(C)(C)O1. The minimum atomic E-state index is -0.672. The minimum absolute atomic E-state index is 0.0158. The van der Waals surface area contributed by atoms with Gasteiger partial charge in [-0.15, -0.1) is 0 Å². The van der Waals surface area contributed by atoms with Crippen LogP contribution < -0.4 is 14.8 Å². The van der Waals surface area contributed by atoms with Crippen LogP contribution in [0.15, 0.2) is 18.2 Å². The number of nitrogens with one attached hydrogen (secondary N) is 1. The van der Waals surface area contributed by atoms with Crippen molar-refractivity contribution in [2.24, 2.45) is 0 Å². The standard InChI is InChI=1S/C17H24N2O4/c1-11-9-19(10-16(2,3)21-11)15(20)18-12-6-7-13-14(8-12)23-17(4,5)22-13/h6-8,11H,9-10H2,1-5H3,(H,18,20). The molecule has 2 heterocycles. The van der Waals surface area contributed by atoms with Crippen molar-refractivity contribution >= 4 is 11.7 Å². The Balaban J connectivity index is 1.69. The van der Waals surface area contributed by atoms with Crippen LogP contribution in [0.25, 0.3) is 0 Å². The smallest absolute Gasteiger partial charge is 0.322 e. The van der Waals surface area contributed by atoms with E-state index >= 15 is 0 Å². The van der Waals surface area contributed by atoms with Gasteiger partial charge in [0, 0.05) is 32.1 Å². The van der Waals surface area contributed by atoms with Gasteiger partial charge < -0.3 is 24.4 Å². The van der Waals surface area contributed by atoms with Crippen LogP contribution in [-0.2, 0) is 4.74 Å². The molecule has 0 saturated carbocycles. The predicted molar refractivity (Wildman–Crippen MR) is 87.0 cm³/mol. The van der Waals surface area contributed by atoms with Gasteiger partial charge in [-0.2, -0.15) is 0 Å². The largest absolute Gasteiger partial charge is 0.449 e. The number of carbonyl (C=O) groups excluding carboxylic acids is 1. The highest BCUT2D eigenvalue weighted by Gasteiger charge is 2.34. The van der Waals surface area contributed by atoms with Crippen LogP contribution in [0.1, 0.15) is 34.6 Å². The lowest BCUT2D eigenvalue weighted by Gasteiger charge is -2.41. The first-order valence-corrected chi connectivity index (χ1v) is 7.89. The van der Waals surface area contributed by atoms with E-state index in [9.17, 15) is 4.79 Å². The molecular weight excluding hydrogens is 296 g/mol. The minimum Gasteiger partial charge on any atom is -0.449 e. The fourth-order valence-electron chi connectivity index (χ4n) is 3.11. The van der Waals surface area contributed by atoms with Crippen LogP contribution in [0.5, 0.6) is 11.5 Å². The van der Waals surface area contributed by atoms with Crippen molar-refractivity contribution in [1.29, 1.82) is 0 Å². The molecule has 126 valence electrons. The number of hydrogen-bond acceptors (Lipinski definition) is 4. The van der Waals surface area contributed by atoms with Gasteiger partial charge in [0.25, 0.3) is 0 Å². The molecular formula is C17H24N2O4. The lowest BCUT2D eigenvalue weighted by atomic mass is 10.1. The number of ether oxygens (including phenoxy) is 3. The molecule has 6 heteroatoms. The Labute approximate surface area is 136 Å². The summed E-state index contributed by atoms with van der Waals surface area (Å²) in [6, 6.07) is 5.28. The molecule has 1 saturated heterocycles. The molecule has 1 unspecified atom stereocenters. The lowest BCUT2D eigenvalue weighted by molar-refractivity contribution is -0.116. The van der Waals surface area contributed by atoms with Crippen LogP contribution in [0, 0.1) is 0 Å². The quantitative estimate of drug-likeness (QED) is 0.863. The Morgan fingerprint density at radius 2 is 1.91 bits per heavy atom. The van der Waals surface area contributed by atoms with Crippen molar-refractivity contribution < 1.29 is 19.0 Å². The molecule has 1 aromatic carbocycles. The molecule has 2 amide bonds. The van der Waals surface area contributed by atoms with Crippen LogP contribution in [-0.4, -0.2) is 41.5 Å². The van der Waals surface area contributed by atoms with Gasteiger partial charge >= 0.3 is 6.03 Å². The Hall–Kier alpha value is -1.95. The average Bonchev–Trinajstić information content (AvgIpc) is 2.69. The summed E-state index contributed by atoms with van der Waals surface area (Å²) in [5.74, 6) is 0.659. The predicted octanol–water partition coefficient (Wildman–Crippen LogP) is 3.23. The zero-order chi connectivity index (χ0) is 16.8. The number of anilines is 1. The molecule has 1 atom stereocenters. The third-order valence-corrected chi connectivity index (χ3v) is 3.76. The normalized spacial score (nSPS) is 24.4. The average molecular weight is 320 g/mol. The van der Waals surface area contributed by atoms with Gasteiger partial charge in [-0.3, -0.25) is 0 Å². The number of rotatable bonds is 1. The maximum Gasteiger partial charge on any atom is 0.322 e. The Bertz CT molecular complexity index is 627. The molecule has 0 radical (unpaired) electrons. The summed E-state index contributed by atoms with van der Waals surface area (Å²) in [6.07, 6.45) is 0.0158. The fraction of sp³-hybridized carbons (Fsp3) is 0.588. The number of carbonyl (C=O) groups is 1. The van der Waals surface area contributed by atoms with E-state index in [1.807, 2.05) is 46.8 Å². The van der Waals surface area contributed by atoms with E-state index in [4.69, 9.17) is 14.2 Å². The van der Waals surface area contributed by atoms with E-state index < -0.39 is 5.79 Å². The van der Waals surface area contributed by atoms with Crippen LogP contribution in [0.2, 0.25) is 0 Å².